The van der Waals surface area contributed by atoms with Crippen LogP contribution in [0, 0.1) is 0 Å². The van der Waals surface area contributed by atoms with Crippen molar-refractivity contribution in [3.05, 3.63) is 6.20 Å². The molecular formula is C16H29N3O5Si. The highest BCUT2D eigenvalue weighted by Crippen LogP contribution is 2.36. The van der Waals surface area contributed by atoms with Crippen molar-refractivity contribution < 1.29 is 23.7 Å². The van der Waals surface area contributed by atoms with E-state index in [9.17, 15) is 4.79 Å². The maximum absolute atomic E-state index is 10.8. The number of hydrogen-bond acceptors (Lipinski definition) is 6. The molecule has 1 unspecified atom stereocenters. The van der Waals surface area contributed by atoms with Crippen molar-refractivity contribution in [1.82, 2.24) is 9.78 Å². The van der Waals surface area contributed by atoms with Gasteiger partial charge in [-0.25, -0.2) is 4.89 Å². The van der Waals surface area contributed by atoms with Gasteiger partial charge < -0.3 is 14.8 Å². The van der Waals surface area contributed by atoms with E-state index in [0.717, 1.165) is 6.42 Å². The molecule has 1 aromatic heterocycles. The zero-order valence-electron chi connectivity index (χ0n) is 15.7. The van der Waals surface area contributed by atoms with Crippen LogP contribution in [0.4, 0.5) is 5.69 Å². The number of carbonyl (C=O) groups excluding carboxylic acids is 1. The molecule has 142 valence electrons. The topological polar surface area (TPSA) is 83.8 Å². The lowest BCUT2D eigenvalue weighted by Gasteiger charge is -2.34. The summed E-state index contributed by atoms with van der Waals surface area (Å²) >= 11 is 0. The number of anilines is 1. The molecule has 1 N–H and O–H groups in total. The van der Waals surface area contributed by atoms with Crippen LogP contribution in [0.5, 0.6) is 5.88 Å². The predicted molar refractivity (Wildman–Crippen MR) is 96.0 cm³/mol. The van der Waals surface area contributed by atoms with E-state index in [4.69, 9.17) is 18.9 Å². The van der Waals surface area contributed by atoms with Crippen LogP contribution >= 0.6 is 0 Å². The summed E-state index contributed by atoms with van der Waals surface area (Å²) in [5.41, 5.74) is 0.534. The zero-order valence-corrected chi connectivity index (χ0v) is 16.7. The highest BCUT2D eigenvalue weighted by Gasteiger charge is 2.39. The van der Waals surface area contributed by atoms with Crippen molar-refractivity contribution in [1.29, 1.82) is 0 Å². The van der Waals surface area contributed by atoms with Gasteiger partial charge in [0.05, 0.1) is 26.0 Å². The number of ether oxygens (including phenoxy) is 2. The van der Waals surface area contributed by atoms with E-state index in [1.54, 1.807) is 10.9 Å². The molecule has 1 amide bonds. The van der Waals surface area contributed by atoms with Crippen LogP contribution < -0.4 is 10.1 Å². The number of aromatic nitrogens is 2. The first kappa shape index (κ1) is 19.9. The van der Waals surface area contributed by atoms with Gasteiger partial charge in [-0.15, -0.1) is 5.10 Å². The monoisotopic (exact) mass is 371 g/mol. The van der Waals surface area contributed by atoms with Crippen molar-refractivity contribution in [2.45, 2.75) is 58.0 Å². The first-order valence-electron chi connectivity index (χ1n) is 8.55. The summed E-state index contributed by atoms with van der Waals surface area (Å²) in [6, 6.07) is 0. The molecular weight excluding hydrogens is 342 g/mol. The zero-order chi connectivity index (χ0) is 18.5. The van der Waals surface area contributed by atoms with E-state index < -0.39 is 8.32 Å². The number of rotatable bonds is 9. The van der Waals surface area contributed by atoms with Crippen LogP contribution in [0.2, 0.25) is 18.1 Å². The SMILES string of the molecule is CC(C)(C)[Si](C)(C)OOCCn1cc(NC=O)c(OC2CCOC2)n1. The number of hydrogen-bond donors (Lipinski definition) is 1. The van der Waals surface area contributed by atoms with E-state index in [1.807, 2.05) is 0 Å². The first-order valence-corrected chi connectivity index (χ1v) is 11.5. The summed E-state index contributed by atoms with van der Waals surface area (Å²) in [6.07, 6.45) is 3.11. The fourth-order valence-corrected chi connectivity index (χ4v) is 2.60. The fourth-order valence-electron chi connectivity index (χ4n) is 1.98. The summed E-state index contributed by atoms with van der Waals surface area (Å²) in [6.45, 7) is 12.8. The smallest absolute Gasteiger partial charge is 0.257 e. The van der Waals surface area contributed by atoms with Gasteiger partial charge in [0.15, 0.2) is 0 Å². The van der Waals surface area contributed by atoms with E-state index in [1.165, 1.54) is 0 Å². The fraction of sp³-hybridized carbons (Fsp3) is 0.750. The quantitative estimate of drug-likeness (QED) is 0.236. The molecule has 2 heterocycles. The Labute approximate surface area is 149 Å². The number of nitrogens with zero attached hydrogens (tertiary/aromatic N) is 2. The second-order valence-corrected chi connectivity index (χ2v) is 12.3. The minimum atomic E-state index is -1.94. The highest BCUT2D eigenvalue weighted by atomic mass is 28.4. The largest absolute Gasteiger partial charge is 0.469 e. The van der Waals surface area contributed by atoms with E-state index in [0.29, 0.717) is 44.3 Å². The molecule has 8 nitrogen and oxygen atoms in total. The van der Waals surface area contributed by atoms with E-state index >= 15 is 0 Å². The molecule has 2 rings (SSSR count). The molecule has 0 bridgehead atoms. The Morgan fingerprint density at radius 1 is 1.48 bits per heavy atom. The average Bonchev–Trinajstić information content (AvgIpc) is 3.14. The van der Waals surface area contributed by atoms with Crippen molar-refractivity contribution >= 4 is 20.4 Å². The summed E-state index contributed by atoms with van der Waals surface area (Å²) in [4.78, 5) is 16.2. The second kappa shape index (κ2) is 8.30. The third-order valence-corrected chi connectivity index (χ3v) is 8.73. The minimum absolute atomic E-state index is 0.0336. The molecule has 1 atom stereocenters. The average molecular weight is 372 g/mol. The molecule has 1 saturated heterocycles. The lowest BCUT2D eigenvalue weighted by Crippen LogP contribution is -2.40. The van der Waals surface area contributed by atoms with Gasteiger partial charge in [0.2, 0.25) is 14.7 Å². The maximum atomic E-state index is 10.8. The van der Waals surface area contributed by atoms with Gasteiger partial charge in [-0.05, 0) is 18.1 Å². The number of nitrogens with one attached hydrogen (secondary N) is 1. The lowest BCUT2D eigenvalue weighted by atomic mass is 10.2. The molecule has 0 spiro atoms. The Balaban J connectivity index is 1.88. The normalized spacial score (nSPS) is 18.4. The van der Waals surface area contributed by atoms with E-state index in [-0.39, 0.29) is 11.1 Å². The van der Waals surface area contributed by atoms with Gasteiger partial charge in [-0.3, -0.25) is 14.1 Å². The van der Waals surface area contributed by atoms with Crippen LogP contribution in [-0.2, 0) is 25.5 Å². The van der Waals surface area contributed by atoms with Gasteiger partial charge in [0, 0.05) is 6.42 Å². The summed E-state index contributed by atoms with van der Waals surface area (Å²) in [5.74, 6) is 0.396. The molecule has 1 aliphatic heterocycles. The molecule has 0 aromatic carbocycles. The molecule has 25 heavy (non-hydrogen) atoms. The molecule has 0 aliphatic carbocycles. The summed E-state index contributed by atoms with van der Waals surface area (Å²) < 4.78 is 18.5. The summed E-state index contributed by atoms with van der Waals surface area (Å²) in [7, 11) is -1.94. The van der Waals surface area contributed by atoms with Crippen molar-refractivity contribution in [2.24, 2.45) is 0 Å². The first-order chi connectivity index (χ1) is 11.7. The number of carbonyl (C=O) groups is 1. The van der Waals surface area contributed by atoms with Gasteiger partial charge in [0.25, 0.3) is 5.88 Å². The van der Waals surface area contributed by atoms with Crippen LogP contribution in [-0.4, -0.2) is 50.4 Å². The third kappa shape index (κ3) is 5.53. The van der Waals surface area contributed by atoms with Gasteiger partial charge in [0.1, 0.15) is 18.4 Å². The Morgan fingerprint density at radius 3 is 2.84 bits per heavy atom. The number of amides is 1. The molecule has 9 heteroatoms. The minimum Gasteiger partial charge on any atom is -0.469 e. The van der Waals surface area contributed by atoms with E-state index in [2.05, 4.69) is 44.3 Å². The second-order valence-electron chi connectivity index (χ2n) is 7.64. The molecule has 1 fully saturated rings. The predicted octanol–water partition coefficient (Wildman–Crippen LogP) is 2.57. The maximum Gasteiger partial charge on any atom is 0.257 e. The van der Waals surface area contributed by atoms with Gasteiger partial charge >= 0.3 is 0 Å². The lowest BCUT2D eigenvalue weighted by molar-refractivity contribution is -0.223. The Bertz CT molecular complexity index is 565. The van der Waals surface area contributed by atoms with Gasteiger partial charge in [-0.2, -0.15) is 0 Å². The van der Waals surface area contributed by atoms with Gasteiger partial charge in [-0.1, -0.05) is 20.8 Å². The Morgan fingerprint density at radius 2 is 2.24 bits per heavy atom. The Hall–Kier alpha value is -1.42. The molecule has 1 aliphatic rings. The Kier molecular flexibility index (Phi) is 6.61. The third-order valence-electron chi connectivity index (χ3n) is 4.59. The van der Waals surface area contributed by atoms with Crippen LogP contribution in [0.1, 0.15) is 27.2 Å². The highest BCUT2D eigenvalue weighted by molar-refractivity contribution is 6.73. The van der Waals surface area contributed by atoms with Crippen molar-refractivity contribution in [2.75, 3.05) is 25.1 Å². The van der Waals surface area contributed by atoms with Crippen molar-refractivity contribution in [3.8, 4) is 5.88 Å². The van der Waals surface area contributed by atoms with Crippen LogP contribution in [0.3, 0.4) is 0 Å². The van der Waals surface area contributed by atoms with Crippen molar-refractivity contribution in [3.63, 3.8) is 0 Å². The van der Waals surface area contributed by atoms with Crippen LogP contribution in [0.25, 0.3) is 0 Å². The molecule has 1 aromatic rings. The summed E-state index contributed by atoms with van der Waals surface area (Å²) in [5, 5.41) is 7.07. The standard InChI is InChI=1S/C16H29N3O5Si/c1-16(2,3)25(4,5)24-22-9-7-19-10-14(17-12-20)15(18-19)23-13-6-8-21-11-13/h10,12-13H,6-9,11H2,1-5H3,(H,17,20). The molecule has 0 radical (unpaired) electrons. The molecule has 0 saturated carbocycles. The van der Waals surface area contributed by atoms with Crippen LogP contribution in [0.15, 0.2) is 6.20 Å².